The number of carbonyl (C=O) groups excluding carboxylic acids is 1. The number of ether oxygens (including phenoxy) is 1. The van der Waals surface area contributed by atoms with Gasteiger partial charge >= 0.3 is 0 Å². The van der Waals surface area contributed by atoms with Gasteiger partial charge < -0.3 is 26.0 Å². The Morgan fingerprint density at radius 1 is 1.19 bits per heavy atom. The maximum absolute atomic E-state index is 12.5. The lowest BCUT2D eigenvalue weighted by molar-refractivity contribution is 0.102. The Morgan fingerprint density at radius 2 is 1.94 bits per heavy atom. The van der Waals surface area contributed by atoms with Crippen molar-refractivity contribution in [2.75, 3.05) is 42.3 Å². The van der Waals surface area contributed by atoms with E-state index in [0.29, 0.717) is 45.2 Å². The Bertz CT molecular complexity index is 1280. The zero-order valence-electron chi connectivity index (χ0n) is 19.8. The van der Waals surface area contributed by atoms with E-state index < -0.39 is 0 Å². The van der Waals surface area contributed by atoms with E-state index in [9.17, 15) is 4.79 Å². The van der Waals surface area contributed by atoms with Crippen LogP contribution in [0.15, 0.2) is 88.7 Å². The topological polar surface area (TPSA) is 105 Å². The second-order valence-corrected chi connectivity index (χ2v) is 9.55. The average Bonchev–Trinajstić information content (AvgIpc) is 2.79. The van der Waals surface area contributed by atoms with Crippen LogP contribution in [0.4, 0.5) is 17.3 Å². The molecule has 0 radical (unpaired) electrons. The van der Waals surface area contributed by atoms with Gasteiger partial charge in [-0.3, -0.25) is 4.79 Å². The van der Waals surface area contributed by atoms with Gasteiger partial charge in [-0.15, -0.1) is 0 Å². The Labute approximate surface area is 219 Å². The molecular formula is C26H27ClN6O2S. The fourth-order valence-corrected chi connectivity index (χ4v) is 4.41. The lowest BCUT2D eigenvalue weighted by Crippen LogP contribution is -2.37. The van der Waals surface area contributed by atoms with Gasteiger partial charge in [0.1, 0.15) is 11.6 Å². The van der Waals surface area contributed by atoms with E-state index in [2.05, 4.69) is 27.1 Å². The molecule has 1 aliphatic heterocycles. The van der Waals surface area contributed by atoms with Gasteiger partial charge in [0.25, 0.3) is 5.91 Å². The molecule has 0 unspecified atom stereocenters. The Morgan fingerprint density at radius 3 is 2.61 bits per heavy atom. The molecular weight excluding hydrogens is 496 g/mol. The molecule has 0 bridgehead atoms. The van der Waals surface area contributed by atoms with Crippen LogP contribution in [0.1, 0.15) is 16.8 Å². The molecule has 4 N–H and O–H groups in total. The average molecular weight is 523 g/mol. The summed E-state index contributed by atoms with van der Waals surface area (Å²) in [5.41, 5.74) is 8.17. The SMILES string of the molecule is C=C(/C=C(\N)COC)Nc1cc(N2CCC2)nc(Sc2ccc(NC(=O)c3ccccc3Cl)cc2)n1. The smallest absolute Gasteiger partial charge is 0.257 e. The lowest BCUT2D eigenvalue weighted by Gasteiger charge is -2.32. The monoisotopic (exact) mass is 522 g/mol. The van der Waals surface area contributed by atoms with Crippen molar-refractivity contribution in [1.29, 1.82) is 0 Å². The summed E-state index contributed by atoms with van der Waals surface area (Å²) in [5.74, 6) is 1.22. The highest BCUT2D eigenvalue weighted by molar-refractivity contribution is 7.99. The molecule has 4 rings (SSSR count). The molecule has 0 atom stereocenters. The number of benzene rings is 2. The molecule has 10 heteroatoms. The summed E-state index contributed by atoms with van der Waals surface area (Å²) >= 11 is 7.56. The molecule has 1 amide bonds. The highest BCUT2D eigenvalue weighted by Gasteiger charge is 2.18. The summed E-state index contributed by atoms with van der Waals surface area (Å²) in [6.45, 7) is 6.25. The molecule has 36 heavy (non-hydrogen) atoms. The number of carbonyl (C=O) groups is 1. The molecule has 1 saturated heterocycles. The van der Waals surface area contributed by atoms with Gasteiger partial charge in [-0.05, 0) is 60.7 Å². The van der Waals surface area contributed by atoms with Crippen LogP contribution in [0.5, 0.6) is 0 Å². The van der Waals surface area contributed by atoms with Gasteiger partial charge in [-0.2, -0.15) is 0 Å². The number of hydrogen-bond donors (Lipinski definition) is 3. The summed E-state index contributed by atoms with van der Waals surface area (Å²) < 4.78 is 5.04. The molecule has 0 saturated carbocycles. The van der Waals surface area contributed by atoms with Crippen LogP contribution in [0.25, 0.3) is 0 Å². The number of allylic oxidation sites excluding steroid dienone is 1. The number of halogens is 1. The molecule has 8 nitrogen and oxygen atoms in total. The Balaban J connectivity index is 1.47. The predicted molar refractivity (Wildman–Crippen MR) is 146 cm³/mol. The van der Waals surface area contributed by atoms with E-state index in [4.69, 9.17) is 27.1 Å². The number of amides is 1. The summed E-state index contributed by atoms with van der Waals surface area (Å²) in [4.78, 5) is 25.0. The minimum absolute atomic E-state index is 0.261. The first kappa shape index (κ1) is 25.6. The standard InChI is InChI=1S/C26H27ClN6O2S/c1-17(14-18(28)16-35-2)29-23-15-24(33-12-5-13-33)32-26(31-23)36-20-10-8-19(9-11-20)30-25(34)21-6-3-4-7-22(21)27/h3-4,6-11,14-15H,1,5,12-13,16,28H2,2H3,(H,30,34)(H,29,31,32)/b18-14-. The summed E-state index contributed by atoms with van der Waals surface area (Å²) in [6.07, 6.45) is 2.86. The molecule has 0 aliphatic carbocycles. The zero-order valence-corrected chi connectivity index (χ0v) is 21.4. The third kappa shape index (κ3) is 6.78. The molecule has 2 heterocycles. The van der Waals surface area contributed by atoms with Crippen molar-refractivity contribution in [3.05, 3.63) is 89.2 Å². The highest BCUT2D eigenvalue weighted by Crippen LogP contribution is 2.30. The molecule has 186 valence electrons. The third-order valence-electron chi connectivity index (χ3n) is 5.27. The molecule has 1 aromatic heterocycles. The van der Waals surface area contributed by atoms with E-state index in [0.717, 1.165) is 30.2 Å². The van der Waals surface area contributed by atoms with E-state index >= 15 is 0 Å². The fourth-order valence-electron chi connectivity index (χ4n) is 3.42. The number of nitrogens with zero attached hydrogens (tertiary/aromatic N) is 3. The number of methoxy groups -OCH3 is 1. The second kappa shape index (κ2) is 11.9. The number of nitrogens with one attached hydrogen (secondary N) is 2. The maximum Gasteiger partial charge on any atom is 0.257 e. The van der Waals surface area contributed by atoms with Crippen molar-refractivity contribution in [2.45, 2.75) is 16.5 Å². The van der Waals surface area contributed by atoms with Gasteiger partial charge in [0, 0.05) is 48.2 Å². The van der Waals surface area contributed by atoms with Gasteiger partial charge in [-0.25, -0.2) is 9.97 Å². The van der Waals surface area contributed by atoms with E-state index in [-0.39, 0.29) is 5.91 Å². The van der Waals surface area contributed by atoms with Crippen molar-refractivity contribution in [3.63, 3.8) is 0 Å². The highest BCUT2D eigenvalue weighted by atomic mass is 35.5. The first-order chi connectivity index (χ1) is 17.4. The first-order valence-corrected chi connectivity index (χ1v) is 12.5. The van der Waals surface area contributed by atoms with Crippen LogP contribution < -0.4 is 21.3 Å². The third-order valence-corrected chi connectivity index (χ3v) is 6.47. The Hall–Kier alpha value is -3.53. The van der Waals surface area contributed by atoms with Crippen LogP contribution in [0.3, 0.4) is 0 Å². The van der Waals surface area contributed by atoms with Gasteiger partial charge in [0.2, 0.25) is 0 Å². The van der Waals surface area contributed by atoms with Crippen LogP contribution in [0, 0.1) is 0 Å². The van der Waals surface area contributed by atoms with Crippen molar-refractivity contribution >= 4 is 46.6 Å². The van der Waals surface area contributed by atoms with Crippen LogP contribution in [0.2, 0.25) is 5.02 Å². The predicted octanol–water partition coefficient (Wildman–Crippen LogP) is 5.16. The number of aromatic nitrogens is 2. The van der Waals surface area contributed by atoms with Crippen LogP contribution >= 0.6 is 23.4 Å². The lowest BCUT2D eigenvalue weighted by atomic mass is 10.2. The number of nitrogens with two attached hydrogens (primary N) is 1. The molecule has 3 aromatic rings. The van der Waals surface area contributed by atoms with Crippen molar-refractivity contribution < 1.29 is 9.53 Å². The quantitative estimate of drug-likeness (QED) is 0.248. The summed E-state index contributed by atoms with van der Waals surface area (Å²) in [6, 6.07) is 16.3. The summed E-state index contributed by atoms with van der Waals surface area (Å²) in [5, 5.41) is 7.07. The molecule has 1 aliphatic rings. The fraction of sp³-hybridized carbons (Fsp3) is 0.192. The molecule has 1 fully saturated rings. The zero-order chi connectivity index (χ0) is 25.5. The molecule has 2 aromatic carbocycles. The van der Waals surface area contributed by atoms with E-state index in [1.807, 2.05) is 30.3 Å². The van der Waals surface area contributed by atoms with Crippen molar-refractivity contribution in [2.24, 2.45) is 5.73 Å². The van der Waals surface area contributed by atoms with Gasteiger partial charge in [0.05, 0.1) is 17.2 Å². The van der Waals surface area contributed by atoms with Crippen molar-refractivity contribution in [1.82, 2.24) is 9.97 Å². The summed E-state index contributed by atoms with van der Waals surface area (Å²) in [7, 11) is 1.59. The van der Waals surface area contributed by atoms with Crippen LogP contribution in [-0.2, 0) is 4.74 Å². The minimum Gasteiger partial charge on any atom is -0.400 e. The van der Waals surface area contributed by atoms with E-state index in [1.54, 1.807) is 37.5 Å². The van der Waals surface area contributed by atoms with Gasteiger partial charge in [-0.1, -0.05) is 30.3 Å². The molecule has 0 spiro atoms. The minimum atomic E-state index is -0.261. The van der Waals surface area contributed by atoms with E-state index in [1.165, 1.54) is 11.8 Å². The maximum atomic E-state index is 12.5. The second-order valence-electron chi connectivity index (χ2n) is 8.10. The first-order valence-electron chi connectivity index (χ1n) is 11.3. The normalized spacial score (nSPS) is 13.2. The number of hydrogen-bond acceptors (Lipinski definition) is 8. The largest absolute Gasteiger partial charge is 0.400 e. The number of rotatable bonds is 10. The van der Waals surface area contributed by atoms with Crippen LogP contribution in [-0.4, -0.2) is 42.7 Å². The van der Waals surface area contributed by atoms with Crippen molar-refractivity contribution in [3.8, 4) is 0 Å². The Kier molecular flexibility index (Phi) is 8.48. The number of anilines is 3. The van der Waals surface area contributed by atoms with Gasteiger partial charge in [0.15, 0.2) is 5.16 Å².